The average molecular weight is 190 g/mol. The molecular weight excluding hydrogens is 176 g/mol. The van der Waals surface area contributed by atoms with E-state index in [1.54, 1.807) is 6.20 Å². The van der Waals surface area contributed by atoms with E-state index in [1.165, 1.54) is 0 Å². The van der Waals surface area contributed by atoms with Crippen LogP contribution in [-0.2, 0) is 5.54 Å². The molecule has 3 nitrogen and oxygen atoms in total. The number of benzene rings is 1. The van der Waals surface area contributed by atoms with Gasteiger partial charge in [0.15, 0.2) is 0 Å². The number of nitrogens with two attached hydrogens (primary N) is 1. The molecule has 4 N–H and O–H groups in total. The molecule has 0 aliphatic rings. The van der Waals surface area contributed by atoms with Crippen molar-refractivity contribution in [3.63, 3.8) is 0 Å². The number of aromatic hydroxyl groups is 1. The third-order valence-corrected chi connectivity index (χ3v) is 2.40. The summed E-state index contributed by atoms with van der Waals surface area (Å²) < 4.78 is 0. The number of H-pyrrole nitrogens is 1. The van der Waals surface area contributed by atoms with Gasteiger partial charge in [-0.25, -0.2) is 0 Å². The van der Waals surface area contributed by atoms with Gasteiger partial charge < -0.3 is 15.8 Å². The molecule has 0 radical (unpaired) electrons. The van der Waals surface area contributed by atoms with Crippen LogP contribution in [-0.4, -0.2) is 10.1 Å². The van der Waals surface area contributed by atoms with Gasteiger partial charge in [-0.1, -0.05) is 6.07 Å². The largest absolute Gasteiger partial charge is 0.507 e. The van der Waals surface area contributed by atoms with Crippen molar-refractivity contribution < 1.29 is 5.11 Å². The van der Waals surface area contributed by atoms with Crippen molar-refractivity contribution in [2.75, 3.05) is 0 Å². The van der Waals surface area contributed by atoms with Gasteiger partial charge in [0.25, 0.3) is 0 Å². The van der Waals surface area contributed by atoms with E-state index in [4.69, 9.17) is 5.73 Å². The summed E-state index contributed by atoms with van der Waals surface area (Å²) in [4.78, 5) is 3.04. The lowest BCUT2D eigenvalue weighted by atomic mass is 9.93. The Balaban J connectivity index is 2.74. The minimum atomic E-state index is -0.518. The van der Waals surface area contributed by atoms with Crippen LogP contribution in [0.25, 0.3) is 10.9 Å². The second-order valence-corrected chi connectivity index (χ2v) is 4.12. The normalized spacial score (nSPS) is 12.2. The molecule has 0 bridgehead atoms. The molecule has 2 rings (SSSR count). The Morgan fingerprint density at radius 3 is 2.64 bits per heavy atom. The van der Waals surface area contributed by atoms with E-state index in [2.05, 4.69) is 4.98 Å². The first-order chi connectivity index (χ1) is 6.50. The van der Waals surface area contributed by atoms with Crippen molar-refractivity contribution in [2.24, 2.45) is 5.73 Å². The highest BCUT2D eigenvalue weighted by Crippen LogP contribution is 2.33. The lowest BCUT2D eigenvalue weighted by molar-refractivity contribution is 0.446. The number of fused-ring (bicyclic) bond motifs is 1. The SMILES string of the molecule is CC(C)(N)c1ccc2[nH]ccc2c1O. The van der Waals surface area contributed by atoms with Gasteiger partial charge in [-0.2, -0.15) is 0 Å². The fourth-order valence-electron chi connectivity index (χ4n) is 1.64. The van der Waals surface area contributed by atoms with Crippen LogP contribution in [0.1, 0.15) is 19.4 Å². The fraction of sp³-hybridized carbons (Fsp3) is 0.273. The topological polar surface area (TPSA) is 62.0 Å². The highest BCUT2D eigenvalue weighted by atomic mass is 16.3. The Morgan fingerprint density at radius 2 is 2.00 bits per heavy atom. The maximum atomic E-state index is 9.97. The molecule has 0 atom stereocenters. The third-order valence-electron chi connectivity index (χ3n) is 2.40. The lowest BCUT2D eigenvalue weighted by Gasteiger charge is -2.20. The van der Waals surface area contributed by atoms with Crippen LogP contribution in [0.15, 0.2) is 24.4 Å². The number of aromatic amines is 1. The van der Waals surface area contributed by atoms with Gasteiger partial charge in [0.05, 0.1) is 0 Å². The number of phenols is 1. The number of hydrogen-bond donors (Lipinski definition) is 3. The van der Waals surface area contributed by atoms with Gasteiger partial charge in [0.1, 0.15) is 5.75 Å². The highest BCUT2D eigenvalue weighted by Gasteiger charge is 2.19. The highest BCUT2D eigenvalue weighted by molar-refractivity contribution is 5.87. The summed E-state index contributed by atoms with van der Waals surface area (Å²) in [5.74, 6) is 0.274. The first-order valence-corrected chi connectivity index (χ1v) is 4.58. The third kappa shape index (κ3) is 1.26. The molecule has 74 valence electrons. The summed E-state index contributed by atoms with van der Waals surface area (Å²) in [6, 6.07) is 5.63. The van der Waals surface area contributed by atoms with Crippen molar-refractivity contribution in [1.29, 1.82) is 0 Å². The molecule has 0 aliphatic carbocycles. The molecule has 14 heavy (non-hydrogen) atoms. The van der Waals surface area contributed by atoms with Gasteiger partial charge in [-0.05, 0) is 26.0 Å². The summed E-state index contributed by atoms with van der Waals surface area (Å²) in [6.07, 6.45) is 1.80. The van der Waals surface area contributed by atoms with Crippen LogP contribution in [0, 0.1) is 0 Å². The van der Waals surface area contributed by atoms with E-state index in [0.29, 0.717) is 0 Å². The predicted molar refractivity (Wildman–Crippen MR) is 57.2 cm³/mol. The molecule has 0 unspecified atom stereocenters. The summed E-state index contributed by atoms with van der Waals surface area (Å²) in [7, 11) is 0. The lowest BCUT2D eigenvalue weighted by Crippen LogP contribution is -2.28. The van der Waals surface area contributed by atoms with Gasteiger partial charge in [-0.3, -0.25) is 0 Å². The molecule has 3 heteroatoms. The Bertz CT molecular complexity index is 466. The van der Waals surface area contributed by atoms with E-state index >= 15 is 0 Å². The Labute approximate surface area is 82.6 Å². The fourth-order valence-corrected chi connectivity index (χ4v) is 1.64. The van der Waals surface area contributed by atoms with Gasteiger partial charge in [0.2, 0.25) is 0 Å². The van der Waals surface area contributed by atoms with Crippen molar-refractivity contribution in [3.05, 3.63) is 30.0 Å². The smallest absolute Gasteiger partial charge is 0.129 e. The molecule has 1 aromatic carbocycles. The van der Waals surface area contributed by atoms with Crippen LogP contribution in [0.2, 0.25) is 0 Å². The monoisotopic (exact) mass is 190 g/mol. The Kier molecular flexibility index (Phi) is 1.79. The molecule has 1 aromatic heterocycles. The molecule has 0 aliphatic heterocycles. The van der Waals surface area contributed by atoms with Gasteiger partial charge in [-0.15, -0.1) is 0 Å². The second-order valence-electron chi connectivity index (χ2n) is 4.12. The number of nitrogens with one attached hydrogen (secondary N) is 1. The summed E-state index contributed by atoms with van der Waals surface area (Å²) in [6.45, 7) is 3.75. The number of phenolic OH excluding ortho intramolecular Hbond substituents is 1. The van der Waals surface area contributed by atoms with E-state index in [-0.39, 0.29) is 5.75 Å². The summed E-state index contributed by atoms with van der Waals surface area (Å²) in [5, 5.41) is 10.8. The first kappa shape index (κ1) is 9.09. The Hall–Kier alpha value is -1.48. The quantitative estimate of drug-likeness (QED) is 0.644. The maximum Gasteiger partial charge on any atom is 0.129 e. The molecule has 0 saturated carbocycles. The van der Waals surface area contributed by atoms with Crippen LogP contribution in [0.4, 0.5) is 0 Å². The zero-order valence-electron chi connectivity index (χ0n) is 8.33. The van der Waals surface area contributed by atoms with Gasteiger partial charge >= 0.3 is 0 Å². The van der Waals surface area contributed by atoms with Crippen molar-refractivity contribution in [1.82, 2.24) is 4.98 Å². The molecule has 0 saturated heterocycles. The van der Waals surface area contributed by atoms with Crippen LogP contribution in [0.3, 0.4) is 0 Å². The molecule has 0 spiro atoms. The van der Waals surface area contributed by atoms with Gasteiger partial charge in [0, 0.05) is 28.2 Å². The molecular formula is C11H14N2O. The van der Waals surface area contributed by atoms with E-state index in [9.17, 15) is 5.11 Å². The van der Waals surface area contributed by atoms with E-state index in [0.717, 1.165) is 16.5 Å². The summed E-state index contributed by atoms with van der Waals surface area (Å²) >= 11 is 0. The molecule has 2 aromatic rings. The number of aromatic nitrogens is 1. The maximum absolute atomic E-state index is 9.97. The van der Waals surface area contributed by atoms with Crippen LogP contribution in [0.5, 0.6) is 5.75 Å². The first-order valence-electron chi connectivity index (χ1n) is 4.58. The van der Waals surface area contributed by atoms with Crippen molar-refractivity contribution in [2.45, 2.75) is 19.4 Å². The zero-order valence-corrected chi connectivity index (χ0v) is 8.33. The summed E-state index contributed by atoms with van der Waals surface area (Å²) in [5.41, 5.74) is 7.12. The van der Waals surface area contributed by atoms with Crippen LogP contribution < -0.4 is 5.73 Å². The minimum absolute atomic E-state index is 0.274. The van der Waals surface area contributed by atoms with Crippen molar-refractivity contribution >= 4 is 10.9 Å². The Morgan fingerprint density at radius 1 is 1.29 bits per heavy atom. The minimum Gasteiger partial charge on any atom is -0.507 e. The zero-order chi connectivity index (χ0) is 10.3. The molecule has 0 amide bonds. The number of rotatable bonds is 1. The van der Waals surface area contributed by atoms with Crippen LogP contribution >= 0.6 is 0 Å². The van der Waals surface area contributed by atoms with E-state index < -0.39 is 5.54 Å². The second kappa shape index (κ2) is 2.75. The van der Waals surface area contributed by atoms with E-state index in [1.807, 2.05) is 32.0 Å². The predicted octanol–water partition coefficient (Wildman–Crippen LogP) is 2.07. The molecule has 1 heterocycles. The standard InChI is InChI=1S/C11H14N2O/c1-11(2,12)8-3-4-9-7(10(8)14)5-6-13-9/h3-6,13-14H,12H2,1-2H3. The molecule has 0 fully saturated rings. The van der Waals surface area contributed by atoms with Crippen molar-refractivity contribution in [3.8, 4) is 5.75 Å². The average Bonchev–Trinajstić information content (AvgIpc) is 2.50. The number of hydrogen-bond acceptors (Lipinski definition) is 2.